The quantitative estimate of drug-likeness (QED) is 0.804. The molecule has 3 heteroatoms. The van der Waals surface area contributed by atoms with Crippen molar-refractivity contribution in [2.75, 3.05) is 0 Å². The van der Waals surface area contributed by atoms with E-state index in [4.69, 9.17) is 0 Å². The first-order chi connectivity index (χ1) is 6.61. The second kappa shape index (κ2) is 4.49. The third-order valence-electron chi connectivity index (χ3n) is 2.39. The van der Waals surface area contributed by atoms with Gasteiger partial charge < -0.3 is 5.11 Å². The molecule has 1 rings (SSSR count). The van der Waals surface area contributed by atoms with Crippen LogP contribution in [-0.2, 0) is 13.0 Å². The Hall–Kier alpha value is -0.990. The summed E-state index contributed by atoms with van der Waals surface area (Å²) in [6, 6.07) is 0. The van der Waals surface area contributed by atoms with Crippen molar-refractivity contribution in [3.8, 4) is 5.88 Å². The fourth-order valence-electron chi connectivity index (χ4n) is 1.74. The van der Waals surface area contributed by atoms with E-state index in [0.29, 0.717) is 11.8 Å². The Morgan fingerprint density at radius 3 is 2.36 bits per heavy atom. The van der Waals surface area contributed by atoms with Crippen molar-refractivity contribution in [1.29, 1.82) is 0 Å². The van der Waals surface area contributed by atoms with Crippen LogP contribution < -0.4 is 0 Å². The van der Waals surface area contributed by atoms with Gasteiger partial charge in [0, 0.05) is 12.1 Å². The number of hydrogen-bond donors (Lipinski definition) is 1. The van der Waals surface area contributed by atoms with Gasteiger partial charge in [-0.3, -0.25) is 0 Å². The van der Waals surface area contributed by atoms with Gasteiger partial charge in [0.1, 0.15) is 0 Å². The topological polar surface area (TPSA) is 38.0 Å². The molecular formula is C11H20N2O. The highest BCUT2D eigenvalue weighted by Crippen LogP contribution is 2.29. The molecule has 0 aliphatic carbocycles. The Kier molecular flexibility index (Phi) is 3.55. The van der Waals surface area contributed by atoms with Crippen LogP contribution >= 0.6 is 0 Å². The number of nitrogens with zero attached hydrogens (tertiary/aromatic N) is 2. The summed E-state index contributed by atoms with van der Waals surface area (Å²) in [7, 11) is 0. The zero-order valence-corrected chi connectivity index (χ0v) is 9.54. The van der Waals surface area contributed by atoms with Crippen LogP contribution in [0.4, 0.5) is 0 Å². The standard InChI is InChI=1S/C11H20N2O/c1-5-7-13-11(14)10(8(3)4)9(6-2)12-13/h8,14H,5-7H2,1-4H3. The van der Waals surface area contributed by atoms with E-state index in [1.807, 2.05) is 0 Å². The van der Waals surface area contributed by atoms with Crippen LogP contribution in [0.3, 0.4) is 0 Å². The summed E-state index contributed by atoms with van der Waals surface area (Å²) < 4.78 is 1.72. The number of rotatable bonds is 4. The van der Waals surface area contributed by atoms with Crippen LogP contribution in [0.15, 0.2) is 0 Å². The lowest BCUT2D eigenvalue weighted by Gasteiger charge is -2.05. The van der Waals surface area contributed by atoms with E-state index >= 15 is 0 Å². The molecule has 0 unspecified atom stereocenters. The van der Waals surface area contributed by atoms with E-state index in [1.54, 1.807) is 4.68 Å². The van der Waals surface area contributed by atoms with E-state index in [0.717, 1.165) is 30.6 Å². The fraction of sp³-hybridized carbons (Fsp3) is 0.727. The number of hydrogen-bond acceptors (Lipinski definition) is 2. The van der Waals surface area contributed by atoms with Crippen LogP contribution in [0.5, 0.6) is 5.88 Å². The highest BCUT2D eigenvalue weighted by Gasteiger charge is 2.17. The Morgan fingerprint density at radius 2 is 2.00 bits per heavy atom. The minimum absolute atomic E-state index is 0.343. The average molecular weight is 196 g/mol. The van der Waals surface area contributed by atoms with Crippen LogP contribution in [0.2, 0.25) is 0 Å². The lowest BCUT2D eigenvalue weighted by atomic mass is 10.0. The van der Waals surface area contributed by atoms with Crippen LogP contribution in [0, 0.1) is 0 Å². The number of aromatic nitrogens is 2. The van der Waals surface area contributed by atoms with E-state index < -0.39 is 0 Å². The van der Waals surface area contributed by atoms with Gasteiger partial charge in [-0.05, 0) is 18.8 Å². The van der Waals surface area contributed by atoms with Gasteiger partial charge in [-0.15, -0.1) is 0 Å². The lowest BCUT2D eigenvalue weighted by molar-refractivity contribution is 0.391. The fourth-order valence-corrected chi connectivity index (χ4v) is 1.74. The molecule has 0 saturated heterocycles. The van der Waals surface area contributed by atoms with E-state index in [1.165, 1.54) is 0 Å². The lowest BCUT2D eigenvalue weighted by Crippen LogP contribution is -1.98. The molecule has 1 N–H and O–H groups in total. The minimum atomic E-state index is 0.343. The average Bonchev–Trinajstić information content (AvgIpc) is 2.44. The summed E-state index contributed by atoms with van der Waals surface area (Å²) in [5.41, 5.74) is 2.05. The maximum Gasteiger partial charge on any atom is 0.213 e. The zero-order valence-electron chi connectivity index (χ0n) is 9.54. The monoisotopic (exact) mass is 196 g/mol. The smallest absolute Gasteiger partial charge is 0.213 e. The van der Waals surface area contributed by atoms with Gasteiger partial charge in [0.15, 0.2) is 0 Å². The molecule has 0 atom stereocenters. The summed E-state index contributed by atoms with van der Waals surface area (Å²) >= 11 is 0. The summed E-state index contributed by atoms with van der Waals surface area (Å²) in [4.78, 5) is 0. The summed E-state index contributed by atoms with van der Waals surface area (Å²) in [5.74, 6) is 0.703. The Morgan fingerprint density at radius 1 is 1.36 bits per heavy atom. The SMILES string of the molecule is CCCn1nc(CC)c(C(C)C)c1O. The highest BCUT2D eigenvalue weighted by atomic mass is 16.3. The van der Waals surface area contributed by atoms with Gasteiger partial charge in [0.05, 0.1) is 5.69 Å². The van der Waals surface area contributed by atoms with Crippen molar-refractivity contribution in [2.24, 2.45) is 0 Å². The van der Waals surface area contributed by atoms with Crippen molar-refractivity contribution in [3.63, 3.8) is 0 Å². The number of aryl methyl sites for hydroxylation is 2. The van der Waals surface area contributed by atoms with Gasteiger partial charge >= 0.3 is 0 Å². The van der Waals surface area contributed by atoms with Gasteiger partial charge in [-0.25, -0.2) is 4.68 Å². The molecule has 14 heavy (non-hydrogen) atoms. The molecule has 1 heterocycles. The predicted octanol–water partition coefficient (Wildman–Crippen LogP) is 2.68. The largest absolute Gasteiger partial charge is 0.493 e. The first-order valence-electron chi connectivity index (χ1n) is 5.40. The molecule has 0 saturated carbocycles. The van der Waals surface area contributed by atoms with Crippen molar-refractivity contribution < 1.29 is 5.11 Å². The second-order valence-electron chi connectivity index (χ2n) is 3.92. The minimum Gasteiger partial charge on any atom is -0.493 e. The maximum absolute atomic E-state index is 9.94. The van der Waals surface area contributed by atoms with Gasteiger partial charge in [-0.1, -0.05) is 27.7 Å². The first kappa shape index (κ1) is 11.1. The third kappa shape index (κ3) is 1.91. The van der Waals surface area contributed by atoms with Crippen LogP contribution in [-0.4, -0.2) is 14.9 Å². The maximum atomic E-state index is 9.94. The molecule has 1 aromatic rings. The molecule has 80 valence electrons. The zero-order chi connectivity index (χ0) is 10.7. The Labute approximate surface area is 85.8 Å². The van der Waals surface area contributed by atoms with Crippen LogP contribution in [0.25, 0.3) is 0 Å². The number of aromatic hydroxyl groups is 1. The van der Waals surface area contributed by atoms with Crippen molar-refractivity contribution in [3.05, 3.63) is 11.3 Å². The van der Waals surface area contributed by atoms with E-state index in [2.05, 4.69) is 32.8 Å². The van der Waals surface area contributed by atoms with Crippen molar-refractivity contribution in [2.45, 2.75) is 53.0 Å². The Bertz CT molecular complexity index is 302. The van der Waals surface area contributed by atoms with Gasteiger partial charge in [-0.2, -0.15) is 5.10 Å². The Balaban J connectivity index is 3.11. The molecule has 0 radical (unpaired) electrons. The summed E-state index contributed by atoms with van der Waals surface area (Å²) in [6.45, 7) is 9.13. The van der Waals surface area contributed by atoms with Crippen molar-refractivity contribution >= 4 is 0 Å². The molecule has 0 aliphatic rings. The normalized spacial score (nSPS) is 11.2. The molecule has 0 aliphatic heterocycles. The van der Waals surface area contributed by atoms with Crippen molar-refractivity contribution in [1.82, 2.24) is 9.78 Å². The molecule has 0 aromatic carbocycles. The van der Waals surface area contributed by atoms with Gasteiger partial charge in [0.25, 0.3) is 0 Å². The molecule has 3 nitrogen and oxygen atoms in total. The summed E-state index contributed by atoms with van der Waals surface area (Å²) in [5, 5.41) is 14.3. The van der Waals surface area contributed by atoms with Gasteiger partial charge in [0.2, 0.25) is 5.88 Å². The molecule has 1 aromatic heterocycles. The van der Waals surface area contributed by atoms with E-state index in [9.17, 15) is 5.11 Å². The molecule has 0 amide bonds. The predicted molar refractivity (Wildman–Crippen MR) is 57.6 cm³/mol. The summed E-state index contributed by atoms with van der Waals surface area (Å²) in [6.07, 6.45) is 1.88. The second-order valence-corrected chi connectivity index (χ2v) is 3.92. The molecular weight excluding hydrogens is 176 g/mol. The molecule has 0 spiro atoms. The highest BCUT2D eigenvalue weighted by molar-refractivity contribution is 5.33. The van der Waals surface area contributed by atoms with E-state index in [-0.39, 0.29) is 0 Å². The third-order valence-corrected chi connectivity index (χ3v) is 2.39. The molecule has 0 fully saturated rings. The van der Waals surface area contributed by atoms with Crippen LogP contribution in [0.1, 0.15) is 51.3 Å². The first-order valence-corrected chi connectivity index (χ1v) is 5.40. The molecule has 0 bridgehead atoms.